The third-order valence-corrected chi connectivity index (χ3v) is 6.36. The molecular formula is C27H25N5O5. The van der Waals surface area contributed by atoms with Crippen molar-refractivity contribution in [3.63, 3.8) is 0 Å². The van der Waals surface area contributed by atoms with Gasteiger partial charge in [0.15, 0.2) is 11.5 Å². The predicted molar refractivity (Wildman–Crippen MR) is 136 cm³/mol. The van der Waals surface area contributed by atoms with E-state index < -0.39 is 0 Å². The first-order valence-electron chi connectivity index (χ1n) is 11.9. The van der Waals surface area contributed by atoms with Crippen molar-refractivity contribution in [1.29, 1.82) is 0 Å². The SMILES string of the molecule is CNC(=O)c1ccc(Cc2nc(OC3COC3)c3c(-c4ccc5nc(C)oc5c4)c[nH]c3n2)c(OC)c1. The molecule has 1 fully saturated rings. The first-order chi connectivity index (χ1) is 18.0. The normalized spacial score (nSPS) is 13.6. The number of carbonyl (C=O) groups excluding carboxylic acids is 1. The number of nitrogens with zero attached hydrogens (tertiary/aromatic N) is 3. The molecule has 3 aromatic heterocycles. The summed E-state index contributed by atoms with van der Waals surface area (Å²) in [5, 5.41) is 3.41. The topological polar surface area (TPSA) is 124 Å². The molecule has 0 radical (unpaired) electrons. The van der Waals surface area contributed by atoms with Gasteiger partial charge in [0.1, 0.15) is 28.8 Å². The highest BCUT2D eigenvalue weighted by molar-refractivity contribution is 5.98. The lowest BCUT2D eigenvalue weighted by atomic mass is 10.0. The lowest BCUT2D eigenvalue weighted by Crippen LogP contribution is -2.38. The summed E-state index contributed by atoms with van der Waals surface area (Å²) in [4.78, 5) is 29.3. The fraction of sp³-hybridized carbons (Fsp3) is 0.259. The van der Waals surface area contributed by atoms with E-state index in [0.717, 1.165) is 27.6 Å². The lowest BCUT2D eigenvalue weighted by Gasteiger charge is -2.26. The summed E-state index contributed by atoms with van der Waals surface area (Å²) < 4.78 is 22.9. The molecule has 1 amide bonds. The Hall–Kier alpha value is -4.44. The Morgan fingerprint density at radius 3 is 2.78 bits per heavy atom. The number of hydrogen-bond acceptors (Lipinski definition) is 8. The van der Waals surface area contributed by atoms with Gasteiger partial charge in [-0.25, -0.2) is 9.97 Å². The maximum absolute atomic E-state index is 12.0. The van der Waals surface area contributed by atoms with Crippen LogP contribution in [0.25, 0.3) is 33.3 Å². The summed E-state index contributed by atoms with van der Waals surface area (Å²) in [6.45, 7) is 2.85. The first-order valence-corrected chi connectivity index (χ1v) is 11.9. The van der Waals surface area contributed by atoms with Gasteiger partial charge in [-0.05, 0) is 29.8 Å². The number of aromatic nitrogens is 4. The van der Waals surface area contributed by atoms with Gasteiger partial charge in [0, 0.05) is 43.3 Å². The van der Waals surface area contributed by atoms with E-state index in [1.807, 2.05) is 37.4 Å². The molecule has 4 heterocycles. The van der Waals surface area contributed by atoms with E-state index in [1.165, 1.54) is 0 Å². The molecule has 6 rings (SSSR count). The molecule has 1 aliphatic rings. The van der Waals surface area contributed by atoms with Crippen LogP contribution in [-0.2, 0) is 11.2 Å². The molecule has 0 spiro atoms. The molecule has 2 N–H and O–H groups in total. The van der Waals surface area contributed by atoms with Crippen molar-refractivity contribution in [3.05, 3.63) is 65.4 Å². The van der Waals surface area contributed by atoms with Crippen molar-refractivity contribution < 1.29 is 23.4 Å². The average molecular weight is 500 g/mol. The molecule has 1 saturated heterocycles. The van der Waals surface area contributed by atoms with E-state index >= 15 is 0 Å². The molecule has 0 saturated carbocycles. The van der Waals surface area contributed by atoms with Gasteiger partial charge in [-0.15, -0.1) is 0 Å². The van der Waals surface area contributed by atoms with Crippen LogP contribution in [0.1, 0.15) is 27.6 Å². The zero-order valence-electron chi connectivity index (χ0n) is 20.6. The molecule has 37 heavy (non-hydrogen) atoms. The molecule has 2 aromatic carbocycles. The van der Waals surface area contributed by atoms with Crippen molar-refractivity contribution in [2.45, 2.75) is 19.4 Å². The van der Waals surface area contributed by atoms with Gasteiger partial charge in [-0.3, -0.25) is 4.79 Å². The quantitative estimate of drug-likeness (QED) is 0.346. The van der Waals surface area contributed by atoms with Crippen molar-refractivity contribution in [3.8, 4) is 22.8 Å². The monoisotopic (exact) mass is 499 g/mol. The summed E-state index contributed by atoms with van der Waals surface area (Å²) >= 11 is 0. The number of ether oxygens (including phenoxy) is 3. The Labute approximate surface area is 212 Å². The number of nitrogens with one attached hydrogen (secondary N) is 2. The molecule has 10 nitrogen and oxygen atoms in total. The molecule has 188 valence electrons. The molecule has 1 aliphatic heterocycles. The van der Waals surface area contributed by atoms with Crippen molar-refractivity contribution in [2.75, 3.05) is 27.4 Å². The highest BCUT2D eigenvalue weighted by Crippen LogP contribution is 2.36. The predicted octanol–water partition coefficient (Wildman–Crippen LogP) is 3.81. The minimum atomic E-state index is -0.182. The number of aromatic amines is 1. The molecule has 0 aliphatic carbocycles. The largest absolute Gasteiger partial charge is 0.496 e. The highest BCUT2D eigenvalue weighted by Gasteiger charge is 2.25. The molecule has 0 atom stereocenters. The molecule has 0 unspecified atom stereocenters. The van der Waals surface area contributed by atoms with Gasteiger partial charge in [0.2, 0.25) is 5.88 Å². The van der Waals surface area contributed by atoms with E-state index in [9.17, 15) is 4.79 Å². The first kappa shape index (κ1) is 23.0. The third kappa shape index (κ3) is 4.25. The van der Waals surface area contributed by atoms with Gasteiger partial charge in [-0.1, -0.05) is 12.1 Å². The maximum Gasteiger partial charge on any atom is 0.251 e. The van der Waals surface area contributed by atoms with Crippen LogP contribution in [0, 0.1) is 6.92 Å². The second-order valence-corrected chi connectivity index (χ2v) is 8.85. The Bertz CT molecular complexity index is 1640. The van der Waals surface area contributed by atoms with Crippen LogP contribution >= 0.6 is 0 Å². The van der Waals surface area contributed by atoms with Crippen LogP contribution in [0.5, 0.6) is 11.6 Å². The summed E-state index contributed by atoms with van der Waals surface area (Å²) in [6.07, 6.45) is 2.22. The lowest BCUT2D eigenvalue weighted by molar-refractivity contribution is -0.0807. The Balaban J connectivity index is 1.41. The summed E-state index contributed by atoms with van der Waals surface area (Å²) in [7, 11) is 3.17. The van der Waals surface area contributed by atoms with Gasteiger partial charge in [-0.2, -0.15) is 4.98 Å². The van der Waals surface area contributed by atoms with E-state index in [1.54, 1.807) is 26.3 Å². The molecule has 0 bridgehead atoms. The van der Waals surface area contributed by atoms with Crippen molar-refractivity contribution in [2.24, 2.45) is 0 Å². The fourth-order valence-electron chi connectivity index (χ4n) is 4.43. The van der Waals surface area contributed by atoms with E-state index in [2.05, 4.69) is 15.3 Å². The summed E-state index contributed by atoms with van der Waals surface area (Å²) in [5.74, 6) is 2.07. The number of oxazole rings is 1. The maximum atomic E-state index is 12.0. The smallest absolute Gasteiger partial charge is 0.251 e. The second kappa shape index (κ2) is 9.21. The Morgan fingerprint density at radius 2 is 2.03 bits per heavy atom. The van der Waals surface area contributed by atoms with Gasteiger partial charge in [0.25, 0.3) is 5.91 Å². The van der Waals surface area contributed by atoms with Gasteiger partial charge < -0.3 is 28.9 Å². The number of benzene rings is 2. The summed E-state index contributed by atoms with van der Waals surface area (Å²) in [6, 6.07) is 11.2. The van der Waals surface area contributed by atoms with Gasteiger partial charge in [0.05, 0.1) is 25.7 Å². The third-order valence-electron chi connectivity index (χ3n) is 6.36. The molecule has 10 heteroatoms. The van der Waals surface area contributed by atoms with Crippen LogP contribution in [0.15, 0.2) is 47.0 Å². The van der Waals surface area contributed by atoms with Crippen LogP contribution in [0.3, 0.4) is 0 Å². The number of H-pyrrole nitrogens is 1. The number of aryl methyl sites for hydroxylation is 1. The van der Waals surface area contributed by atoms with E-state index in [0.29, 0.717) is 59.8 Å². The van der Waals surface area contributed by atoms with Crippen LogP contribution < -0.4 is 14.8 Å². The fourth-order valence-corrected chi connectivity index (χ4v) is 4.43. The number of rotatable bonds is 7. The van der Waals surface area contributed by atoms with Crippen molar-refractivity contribution >= 4 is 28.0 Å². The second-order valence-electron chi connectivity index (χ2n) is 8.85. The number of amides is 1. The number of methoxy groups -OCH3 is 1. The van der Waals surface area contributed by atoms with Crippen molar-refractivity contribution in [1.82, 2.24) is 25.3 Å². The minimum absolute atomic E-state index is 0.0746. The van der Waals surface area contributed by atoms with Crippen LogP contribution in [0.2, 0.25) is 0 Å². The van der Waals surface area contributed by atoms with Gasteiger partial charge >= 0.3 is 0 Å². The minimum Gasteiger partial charge on any atom is -0.496 e. The molecule has 5 aromatic rings. The number of hydrogen-bond donors (Lipinski definition) is 2. The zero-order valence-corrected chi connectivity index (χ0v) is 20.6. The van der Waals surface area contributed by atoms with E-state index in [-0.39, 0.29) is 12.0 Å². The Kier molecular flexibility index (Phi) is 5.72. The Morgan fingerprint density at radius 1 is 1.16 bits per heavy atom. The van der Waals surface area contributed by atoms with Crippen LogP contribution in [-0.4, -0.2) is 59.3 Å². The average Bonchev–Trinajstić information content (AvgIpc) is 3.48. The zero-order chi connectivity index (χ0) is 25.5. The summed E-state index contributed by atoms with van der Waals surface area (Å²) in [5.41, 5.74) is 5.38. The number of carbonyl (C=O) groups is 1. The standard InChI is InChI=1S/C27H25N5O5/c1-14-30-20-7-6-15(8-22(20)36-14)19-11-29-25-24(19)27(37-18-12-35-13-18)32-23(31-25)10-16-4-5-17(26(33)28-2)9-21(16)34-3/h4-9,11,18H,10,12-13H2,1-3H3,(H,28,33)(H,29,31,32). The van der Waals surface area contributed by atoms with E-state index in [4.69, 9.17) is 28.6 Å². The van der Waals surface area contributed by atoms with Crippen LogP contribution in [0.4, 0.5) is 0 Å². The molecular weight excluding hydrogens is 474 g/mol. The highest BCUT2D eigenvalue weighted by atomic mass is 16.6. The number of fused-ring (bicyclic) bond motifs is 2.